The van der Waals surface area contributed by atoms with Gasteiger partial charge in [0.2, 0.25) is 0 Å². The van der Waals surface area contributed by atoms with Crippen molar-refractivity contribution in [3.63, 3.8) is 0 Å². The standard InChI is InChI=1S/C22H23FN4O2S/c1-3-24-20(28)17-8-6-15(7-9-17)12-25-21(29)27-22-26-13-18(30-22)10-16-5-4-14(2)19(23)11-16/h4-9,11,13H,3,10,12H2,1-2H3,(H,24,28)(H2,25,26,27,29). The van der Waals surface area contributed by atoms with Crippen LogP contribution in [0.2, 0.25) is 0 Å². The average Bonchev–Trinajstić information content (AvgIpc) is 3.16. The number of benzene rings is 2. The first-order chi connectivity index (χ1) is 14.4. The highest BCUT2D eigenvalue weighted by atomic mass is 32.1. The number of nitrogens with one attached hydrogen (secondary N) is 3. The van der Waals surface area contributed by atoms with Crippen molar-refractivity contribution in [2.45, 2.75) is 26.8 Å². The molecule has 0 bridgehead atoms. The molecule has 8 heteroatoms. The molecule has 6 nitrogen and oxygen atoms in total. The number of nitrogens with zero attached hydrogens (tertiary/aromatic N) is 1. The number of anilines is 1. The quantitative estimate of drug-likeness (QED) is 0.528. The molecule has 3 rings (SSSR count). The van der Waals surface area contributed by atoms with Crippen molar-refractivity contribution in [1.82, 2.24) is 15.6 Å². The smallest absolute Gasteiger partial charge is 0.321 e. The monoisotopic (exact) mass is 426 g/mol. The zero-order valence-electron chi connectivity index (χ0n) is 16.8. The summed E-state index contributed by atoms with van der Waals surface area (Å²) in [5, 5.41) is 8.68. The molecule has 3 N–H and O–H groups in total. The highest BCUT2D eigenvalue weighted by Gasteiger charge is 2.09. The first-order valence-electron chi connectivity index (χ1n) is 9.56. The lowest BCUT2D eigenvalue weighted by Crippen LogP contribution is -2.28. The zero-order chi connectivity index (χ0) is 21.5. The summed E-state index contributed by atoms with van der Waals surface area (Å²) in [6.45, 7) is 4.48. The van der Waals surface area contributed by atoms with Gasteiger partial charge in [0.05, 0.1) is 0 Å². The van der Waals surface area contributed by atoms with Gasteiger partial charge in [-0.3, -0.25) is 10.1 Å². The summed E-state index contributed by atoms with van der Waals surface area (Å²) in [4.78, 5) is 29.0. The second-order valence-electron chi connectivity index (χ2n) is 6.76. The Morgan fingerprint density at radius 1 is 1.07 bits per heavy atom. The largest absolute Gasteiger partial charge is 0.352 e. The number of carbonyl (C=O) groups is 2. The van der Waals surface area contributed by atoms with Crippen LogP contribution in [0.1, 0.15) is 38.8 Å². The van der Waals surface area contributed by atoms with E-state index >= 15 is 0 Å². The molecule has 30 heavy (non-hydrogen) atoms. The van der Waals surface area contributed by atoms with E-state index in [1.807, 2.05) is 13.0 Å². The van der Waals surface area contributed by atoms with Crippen LogP contribution in [0, 0.1) is 12.7 Å². The minimum Gasteiger partial charge on any atom is -0.352 e. The Bertz CT molecular complexity index is 1030. The van der Waals surface area contributed by atoms with Gasteiger partial charge in [0.15, 0.2) is 5.13 Å². The van der Waals surface area contributed by atoms with E-state index in [1.54, 1.807) is 43.5 Å². The van der Waals surface area contributed by atoms with Crippen LogP contribution in [0.5, 0.6) is 0 Å². The molecule has 0 atom stereocenters. The Morgan fingerprint density at radius 3 is 2.50 bits per heavy atom. The Labute approximate surface area is 178 Å². The first kappa shape index (κ1) is 21.4. The summed E-state index contributed by atoms with van der Waals surface area (Å²) in [6, 6.07) is 11.8. The summed E-state index contributed by atoms with van der Waals surface area (Å²) < 4.78 is 13.7. The number of hydrogen-bond donors (Lipinski definition) is 3. The predicted octanol–water partition coefficient (Wildman–Crippen LogP) is 4.25. The summed E-state index contributed by atoms with van der Waals surface area (Å²) in [7, 11) is 0. The number of thiazole rings is 1. The van der Waals surface area contributed by atoms with Gasteiger partial charge in [-0.05, 0) is 48.7 Å². The number of aromatic nitrogens is 1. The van der Waals surface area contributed by atoms with E-state index in [-0.39, 0.29) is 17.8 Å². The second-order valence-corrected chi connectivity index (χ2v) is 7.87. The van der Waals surface area contributed by atoms with Crippen molar-refractivity contribution in [1.29, 1.82) is 0 Å². The van der Waals surface area contributed by atoms with Crippen LogP contribution in [-0.2, 0) is 13.0 Å². The third kappa shape index (κ3) is 5.87. The van der Waals surface area contributed by atoms with E-state index < -0.39 is 0 Å². The van der Waals surface area contributed by atoms with Crippen molar-refractivity contribution in [2.75, 3.05) is 11.9 Å². The lowest BCUT2D eigenvalue weighted by atomic mass is 10.1. The number of halogens is 1. The van der Waals surface area contributed by atoms with E-state index in [0.29, 0.717) is 35.8 Å². The summed E-state index contributed by atoms with van der Waals surface area (Å²) in [6.07, 6.45) is 2.23. The van der Waals surface area contributed by atoms with Crippen LogP contribution in [0.4, 0.5) is 14.3 Å². The van der Waals surface area contributed by atoms with Gasteiger partial charge < -0.3 is 10.6 Å². The van der Waals surface area contributed by atoms with Crippen molar-refractivity contribution in [3.8, 4) is 0 Å². The van der Waals surface area contributed by atoms with Gasteiger partial charge in [0.1, 0.15) is 5.82 Å². The number of aryl methyl sites for hydroxylation is 1. The fourth-order valence-electron chi connectivity index (χ4n) is 2.75. The molecule has 0 aliphatic carbocycles. The average molecular weight is 427 g/mol. The molecule has 0 aliphatic heterocycles. The van der Waals surface area contributed by atoms with E-state index in [9.17, 15) is 14.0 Å². The Balaban J connectivity index is 1.49. The maximum atomic E-state index is 13.7. The van der Waals surface area contributed by atoms with Crippen LogP contribution in [-0.4, -0.2) is 23.5 Å². The van der Waals surface area contributed by atoms with Crippen molar-refractivity contribution in [3.05, 3.63) is 81.6 Å². The fourth-order valence-corrected chi connectivity index (χ4v) is 3.60. The SMILES string of the molecule is CCNC(=O)c1ccc(CNC(=O)Nc2ncc(Cc3ccc(C)c(F)c3)s2)cc1. The minimum absolute atomic E-state index is 0.122. The molecule has 3 aromatic rings. The highest BCUT2D eigenvalue weighted by Crippen LogP contribution is 2.22. The van der Waals surface area contributed by atoms with Crippen LogP contribution in [0.15, 0.2) is 48.7 Å². The Hall–Kier alpha value is -3.26. The van der Waals surface area contributed by atoms with Gasteiger partial charge in [-0.2, -0.15) is 0 Å². The molecule has 156 valence electrons. The van der Waals surface area contributed by atoms with Gasteiger partial charge in [-0.25, -0.2) is 14.2 Å². The summed E-state index contributed by atoms with van der Waals surface area (Å²) >= 11 is 1.35. The topological polar surface area (TPSA) is 83.1 Å². The number of urea groups is 1. The molecule has 1 aromatic heterocycles. The van der Waals surface area contributed by atoms with E-state index in [1.165, 1.54) is 17.4 Å². The Kier molecular flexibility index (Phi) is 7.13. The fraction of sp³-hybridized carbons (Fsp3) is 0.227. The molecular formula is C22H23FN4O2S. The number of rotatable bonds is 7. The molecule has 0 spiro atoms. The van der Waals surface area contributed by atoms with E-state index in [2.05, 4.69) is 20.9 Å². The van der Waals surface area contributed by atoms with E-state index in [0.717, 1.165) is 16.0 Å². The van der Waals surface area contributed by atoms with E-state index in [4.69, 9.17) is 0 Å². The van der Waals surface area contributed by atoms with Crippen molar-refractivity contribution in [2.24, 2.45) is 0 Å². The number of amides is 3. The zero-order valence-corrected chi connectivity index (χ0v) is 17.6. The van der Waals surface area contributed by atoms with Gasteiger partial charge in [0.25, 0.3) is 5.91 Å². The number of hydrogen-bond acceptors (Lipinski definition) is 4. The molecule has 0 radical (unpaired) electrons. The highest BCUT2D eigenvalue weighted by molar-refractivity contribution is 7.15. The molecule has 0 aliphatic rings. The lowest BCUT2D eigenvalue weighted by molar-refractivity contribution is 0.0955. The van der Waals surface area contributed by atoms with Gasteiger partial charge in [-0.1, -0.05) is 24.3 Å². The third-order valence-corrected chi connectivity index (χ3v) is 5.31. The second kappa shape index (κ2) is 9.98. The summed E-state index contributed by atoms with van der Waals surface area (Å²) in [5.41, 5.74) is 2.92. The van der Waals surface area contributed by atoms with Crippen LogP contribution in [0.25, 0.3) is 0 Å². The third-order valence-electron chi connectivity index (χ3n) is 4.40. The molecular weight excluding hydrogens is 403 g/mol. The Morgan fingerprint density at radius 2 is 1.80 bits per heavy atom. The van der Waals surface area contributed by atoms with Gasteiger partial charge in [-0.15, -0.1) is 11.3 Å². The van der Waals surface area contributed by atoms with Crippen LogP contribution in [0.3, 0.4) is 0 Å². The maximum absolute atomic E-state index is 13.7. The summed E-state index contributed by atoms with van der Waals surface area (Å²) in [5.74, 6) is -0.350. The number of carbonyl (C=O) groups excluding carboxylic acids is 2. The maximum Gasteiger partial charge on any atom is 0.321 e. The minimum atomic E-state index is -0.370. The lowest BCUT2D eigenvalue weighted by Gasteiger charge is -2.07. The van der Waals surface area contributed by atoms with Crippen LogP contribution < -0.4 is 16.0 Å². The molecule has 0 saturated heterocycles. The normalized spacial score (nSPS) is 10.5. The first-order valence-corrected chi connectivity index (χ1v) is 10.4. The molecule has 0 unspecified atom stereocenters. The molecule has 3 amide bonds. The molecule has 0 fully saturated rings. The van der Waals surface area contributed by atoms with Gasteiger partial charge >= 0.3 is 6.03 Å². The van der Waals surface area contributed by atoms with Crippen molar-refractivity contribution >= 4 is 28.4 Å². The molecule has 0 saturated carbocycles. The molecule has 1 heterocycles. The van der Waals surface area contributed by atoms with Gasteiger partial charge in [0, 0.05) is 36.1 Å². The van der Waals surface area contributed by atoms with Crippen molar-refractivity contribution < 1.29 is 14.0 Å². The van der Waals surface area contributed by atoms with Crippen LogP contribution >= 0.6 is 11.3 Å². The molecule has 2 aromatic carbocycles. The predicted molar refractivity (Wildman–Crippen MR) is 116 cm³/mol.